The molecule has 1 atom stereocenters. The topological polar surface area (TPSA) is 69.6 Å². The molecule has 19 heavy (non-hydrogen) atoms. The van der Waals surface area contributed by atoms with Crippen molar-refractivity contribution >= 4 is 11.9 Å². The fourth-order valence-corrected chi connectivity index (χ4v) is 1.89. The Labute approximate surface area is 113 Å². The van der Waals surface area contributed by atoms with Gasteiger partial charge in [0.25, 0.3) is 0 Å². The van der Waals surface area contributed by atoms with E-state index in [-0.39, 0.29) is 19.0 Å². The molecule has 0 aromatic heterocycles. The number of aliphatic carboxylic acids is 1. The molecule has 5 heteroatoms. The Morgan fingerprint density at radius 2 is 1.95 bits per heavy atom. The summed E-state index contributed by atoms with van der Waals surface area (Å²) >= 11 is 0. The van der Waals surface area contributed by atoms with Gasteiger partial charge in [-0.05, 0) is 18.5 Å². The summed E-state index contributed by atoms with van der Waals surface area (Å²) in [6, 6.07) is 10.1. The third kappa shape index (κ3) is 6.01. The minimum Gasteiger partial charge on any atom is -0.480 e. The molecule has 1 amide bonds. The summed E-state index contributed by atoms with van der Waals surface area (Å²) in [4.78, 5) is 23.7. The number of amides is 1. The molecule has 0 saturated heterocycles. The van der Waals surface area contributed by atoms with E-state index in [2.05, 4.69) is 24.4 Å². The van der Waals surface area contributed by atoms with Crippen LogP contribution in [0, 0.1) is 0 Å². The van der Waals surface area contributed by atoms with Crippen molar-refractivity contribution in [3.8, 4) is 0 Å². The van der Waals surface area contributed by atoms with Crippen LogP contribution in [-0.2, 0) is 9.59 Å². The zero-order chi connectivity index (χ0) is 14.3. The quantitative estimate of drug-likeness (QED) is 0.768. The molecule has 0 fully saturated rings. The maximum atomic E-state index is 11.5. The second kappa shape index (κ2) is 7.53. The van der Waals surface area contributed by atoms with Gasteiger partial charge in [-0.2, -0.15) is 0 Å². The molecule has 1 rings (SSSR count). The Morgan fingerprint density at radius 1 is 1.32 bits per heavy atom. The molecule has 1 unspecified atom stereocenters. The standard InChI is InChI=1S/C14H20N2O3/c1-11(12-6-4-3-5-7-12)9-16(2)10-13(17)15-8-14(18)19/h3-7,11H,8-10H2,1-2H3,(H,15,17)(H,18,19). The van der Waals surface area contributed by atoms with Gasteiger partial charge in [0, 0.05) is 6.54 Å². The maximum Gasteiger partial charge on any atom is 0.322 e. The molecule has 1 aromatic rings. The van der Waals surface area contributed by atoms with E-state index in [9.17, 15) is 9.59 Å². The van der Waals surface area contributed by atoms with E-state index in [0.29, 0.717) is 5.92 Å². The molecular formula is C14H20N2O3. The normalized spacial score (nSPS) is 12.2. The van der Waals surface area contributed by atoms with Gasteiger partial charge in [0.15, 0.2) is 0 Å². The lowest BCUT2D eigenvalue weighted by Gasteiger charge is -2.21. The highest BCUT2D eigenvalue weighted by Gasteiger charge is 2.12. The first-order valence-electron chi connectivity index (χ1n) is 6.21. The number of nitrogens with one attached hydrogen (secondary N) is 1. The molecule has 0 aliphatic carbocycles. The second-order valence-electron chi connectivity index (χ2n) is 4.68. The van der Waals surface area contributed by atoms with Crippen LogP contribution in [0.15, 0.2) is 30.3 Å². The number of hydrogen-bond donors (Lipinski definition) is 2. The molecule has 0 aliphatic heterocycles. The predicted octanol–water partition coefficient (Wildman–Crippen LogP) is 0.923. The highest BCUT2D eigenvalue weighted by Crippen LogP contribution is 2.15. The van der Waals surface area contributed by atoms with E-state index in [4.69, 9.17) is 5.11 Å². The van der Waals surface area contributed by atoms with Crippen molar-refractivity contribution in [2.24, 2.45) is 0 Å². The van der Waals surface area contributed by atoms with E-state index in [1.54, 1.807) is 0 Å². The summed E-state index contributed by atoms with van der Waals surface area (Å²) < 4.78 is 0. The number of carbonyl (C=O) groups excluding carboxylic acids is 1. The Hall–Kier alpha value is -1.88. The molecule has 0 radical (unpaired) electrons. The second-order valence-corrected chi connectivity index (χ2v) is 4.68. The van der Waals surface area contributed by atoms with E-state index >= 15 is 0 Å². The van der Waals surface area contributed by atoms with Crippen LogP contribution in [0.5, 0.6) is 0 Å². The maximum absolute atomic E-state index is 11.5. The molecule has 0 aliphatic rings. The van der Waals surface area contributed by atoms with E-state index in [1.165, 1.54) is 5.56 Å². The van der Waals surface area contributed by atoms with Crippen LogP contribution in [0.3, 0.4) is 0 Å². The van der Waals surface area contributed by atoms with Gasteiger partial charge in [-0.1, -0.05) is 37.3 Å². The SMILES string of the molecule is CC(CN(C)CC(=O)NCC(=O)O)c1ccccc1. The Bertz CT molecular complexity index is 420. The lowest BCUT2D eigenvalue weighted by molar-refractivity contribution is -0.138. The van der Waals surface area contributed by atoms with Gasteiger partial charge in [-0.15, -0.1) is 0 Å². The number of hydrogen-bond acceptors (Lipinski definition) is 3. The van der Waals surface area contributed by atoms with Crippen molar-refractivity contribution in [1.82, 2.24) is 10.2 Å². The van der Waals surface area contributed by atoms with E-state index in [0.717, 1.165) is 6.54 Å². The van der Waals surface area contributed by atoms with Crippen molar-refractivity contribution in [3.63, 3.8) is 0 Å². The van der Waals surface area contributed by atoms with Crippen LogP contribution in [0.1, 0.15) is 18.4 Å². The molecule has 0 spiro atoms. The molecule has 5 nitrogen and oxygen atoms in total. The number of carbonyl (C=O) groups is 2. The summed E-state index contributed by atoms with van der Waals surface area (Å²) in [7, 11) is 1.85. The Balaban J connectivity index is 2.36. The molecule has 1 aromatic carbocycles. The summed E-state index contributed by atoms with van der Waals surface area (Å²) in [6.45, 7) is 2.71. The zero-order valence-electron chi connectivity index (χ0n) is 11.3. The van der Waals surface area contributed by atoms with E-state index < -0.39 is 5.97 Å². The number of nitrogens with zero attached hydrogens (tertiary/aromatic N) is 1. The number of likely N-dealkylation sites (N-methyl/N-ethyl adjacent to an activating group) is 1. The first kappa shape index (κ1) is 15.2. The monoisotopic (exact) mass is 264 g/mol. The average Bonchev–Trinajstić information content (AvgIpc) is 2.37. The van der Waals surface area contributed by atoms with Gasteiger partial charge in [0.2, 0.25) is 5.91 Å². The fraction of sp³-hybridized carbons (Fsp3) is 0.429. The van der Waals surface area contributed by atoms with Crippen molar-refractivity contribution < 1.29 is 14.7 Å². The molecule has 104 valence electrons. The summed E-state index contributed by atoms with van der Waals surface area (Å²) in [5.74, 6) is -0.989. The highest BCUT2D eigenvalue weighted by molar-refractivity contribution is 5.82. The van der Waals surface area contributed by atoms with Gasteiger partial charge >= 0.3 is 5.97 Å². The Kier molecular flexibility index (Phi) is 6.02. The minimum absolute atomic E-state index is 0.199. The Morgan fingerprint density at radius 3 is 2.53 bits per heavy atom. The number of carboxylic acids is 1. The fourth-order valence-electron chi connectivity index (χ4n) is 1.89. The number of benzene rings is 1. The highest BCUT2D eigenvalue weighted by atomic mass is 16.4. The van der Waals surface area contributed by atoms with Gasteiger partial charge in [-0.3, -0.25) is 14.5 Å². The summed E-state index contributed by atoms with van der Waals surface area (Å²) in [5.41, 5.74) is 1.22. The van der Waals surface area contributed by atoms with Crippen LogP contribution in [0.2, 0.25) is 0 Å². The zero-order valence-corrected chi connectivity index (χ0v) is 11.3. The van der Waals surface area contributed by atoms with Crippen LogP contribution in [0.25, 0.3) is 0 Å². The van der Waals surface area contributed by atoms with Crippen LogP contribution < -0.4 is 5.32 Å². The van der Waals surface area contributed by atoms with Gasteiger partial charge in [0.1, 0.15) is 6.54 Å². The van der Waals surface area contributed by atoms with Gasteiger partial charge in [-0.25, -0.2) is 0 Å². The predicted molar refractivity (Wildman–Crippen MR) is 73.0 cm³/mol. The molecular weight excluding hydrogens is 244 g/mol. The van der Waals surface area contributed by atoms with Crippen LogP contribution in [0.4, 0.5) is 0 Å². The van der Waals surface area contributed by atoms with Gasteiger partial charge in [0.05, 0.1) is 6.54 Å². The van der Waals surface area contributed by atoms with Crippen molar-refractivity contribution in [2.45, 2.75) is 12.8 Å². The smallest absolute Gasteiger partial charge is 0.322 e. The largest absolute Gasteiger partial charge is 0.480 e. The number of carboxylic acid groups (broad SMARTS) is 1. The average molecular weight is 264 g/mol. The third-order valence-corrected chi connectivity index (χ3v) is 2.80. The lowest BCUT2D eigenvalue weighted by atomic mass is 10.0. The summed E-state index contributed by atoms with van der Waals surface area (Å²) in [6.07, 6.45) is 0. The third-order valence-electron chi connectivity index (χ3n) is 2.80. The van der Waals surface area contributed by atoms with Crippen molar-refractivity contribution in [1.29, 1.82) is 0 Å². The number of rotatable bonds is 7. The minimum atomic E-state index is -1.03. The first-order valence-corrected chi connectivity index (χ1v) is 6.21. The van der Waals surface area contributed by atoms with Crippen LogP contribution >= 0.6 is 0 Å². The van der Waals surface area contributed by atoms with E-state index in [1.807, 2.05) is 30.1 Å². The molecule has 2 N–H and O–H groups in total. The van der Waals surface area contributed by atoms with Crippen molar-refractivity contribution in [3.05, 3.63) is 35.9 Å². The molecule has 0 saturated carbocycles. The lowest BCUT2D eigenvalue weighted by Crippen LogP contribution is -2.38. The van der Waals surface area contributed by atoms with Crippen LogP contribution in [-0.4, -0.2) is 48.6 Å². The molecule has 0 heterocycles. The van der Waals surface area contributed by atoms with Gasteiger partial charge < -0.3 is 10.4 Å². The van der Waals surface area contributed by atoms with Crippen molar-refractivity contribution in [2.75, 3.05) is 26.7 Å². The first-order chi connectivity index (χ1) is 8.99. The molecule has 0 bridgehead atoms. The summed E-state index contributed by atoms with van der Waals surface area (Å²) in [5, 5.41) is 10.8.